The monoisotopic (exact) mass is 321 g/mol. The van der Waals surface area contributed by atoms with E-state index in [0.29, 0.717) is 19.9 Å². The highest BCUT2D eigenvalue weighted by molar-refractivity contribution is 9.10. The molecule has 0 aliphatic heterocycles. The Kier molecular flexibility index (Phi) is 3.15. The molecule has 16 heavy (non-hydrogen) atoms. The van der Waals surface area contributed by atoms with Crippen molar-refractivity contribution in [2.24, 2.45) is 0 Å². The molecular weight excluding hydrogens is 317 g/mol. The number of ether oxygens (including phenoxy) is 1. The van der Waals surface area contributed by atoms with Gasteiger partial charge in [-0.15, -0.1) is 0 Å². The molecule has 1 aromatic carbocycles. The molecule has 0 radical (unpaired) electrons. The van der Waals surface area contributed by atoms with Crippen LogP contribution in [0.3, 0.4) is 0 Å². The molecule has 0 aliphatic carbocycles. The van der Waals surface area contributed by atoms with Crippen molar-refractivity contribution in [2.45, 2.75) is 0 Å². The Morgan fingerprint density at radius 3 is 2.75 bits per heavy atom. The topological polar surface area (TPSA) is 42.1 Å². The van der Waals surface area contributed by atoms with E-state index in [1.807, 2.05) is 0 Å². The van der Waals surface area contributed by atoms with Crippen LogP contribution in [0.5, 0.6) is 0 Å². The van der Waals surface area contributed by atoms with Crippen molar-refractivity contribution >= 4 is 56.0 Å². The molecule has 2 rings (SSSR count). The number of aromatic nitrogens is 1. The first-order chi connectivity index (χ1) is 7.56. The number of nitrogens with one attached hydrogen (secondary N) is 1. The summed E-state index contributed by atoms with van der Waals surface area (Å²) < 4.78 is 5.27. The number of hydrogen-bond acceptors (Lipinski definition) is 2. The zero-order chi connectivity index (χ0) is 11.9. The fraction of sp³-hybridized carbons (Fsp3) is 0.100. The lowest BCUT2D eigenvalue weighted by molar-refractivity contribution is 0.0595. The SMILES string of the molecule is COC(=O)c1[nH]c2ccc(Cl)c(Br)c2c1Cl. The highest BCUT2D eigenvalue weighted by Gasteiger charge is 2.19. The summed E-state index contributed by atoms with van der Waals surface area (Å²) in [6.45, 7) is 0. The van der Waals surface area contributed by atoms with Gasteiger partial charge >= 0.3 is 5.97 Å². The summed E-state index contributed by atoms with van der Waals surface area (Å²) >= 11 is 15.4. The van der Waals surface area contributed by atoms with Gasteiger partial charge in [-0.2, -0.15) is 0 Å². The highest BCUT2D eigenvalue weighted by atomic mass is 79.9. The Bertz CT molecular complexity index is 580. The average molecular weight is 323 g/mol. The van der Waals surface area contributed by atoms with Crippen LogP contribution in [-0.2, 0) is 4.74 Å². The molecule has 84 valence electrons. The fourth-order valence-electron chi connectivity index (χ4n) is 1.43. The number of carbonyl (C=O) groups excluding carboxylic acids is 1. The van der Waals surface area contributed by atoms with E-state index in [1.54, 1.807) is 12.1 Å². The third kappa shape index (κ3) is 1.71. The Morgan fingerprint density at radius 1 is 1.44 bits per heavy atom. The number of hydrogen-bond donors (Lipinski definition) is 1. The summed E-state index contributed by atoms with van der Waals surface area (Å²) in [5, 5.41) is 1.51. The Hall–Kier alpha value is -0.710. The van der Waals surface area contributed by atoms with E-state index in [0.717, 1.165) is 5.52 Å². The average Bonchev–Trinajstić information content (AvgIpc) is 2.61. The summed E-state index contributed by atoms with van der Waals surface area (Å²) in [7, 11) is 1.30. The number of halogens is 3. The molecule has 0 unspecified atom stereocenters. The van der Waals surface area contributed by atoms with Gasteiger partial charge in [0.15, 0.2) is 0 Å². The molecule has 0 amide bonds. The second kappa shape index (κ2) is 4.28. The van der Waals surface area contributed by atoms with Crippen LogP contribution in [0.4, 0.5) is 0 Å². The lowest BCUT2D eigenvalue weighted by atomic mass is 10.2. The third-order valence-corrected chi connectivity index (χ3v) is 3.93. The zero-order valence-electron chi connectivity index (χ0n) is 8.11. The van der Waals surface area contributed by atoms with E-state index in [1.165, 1.54) is 7.11 Å². The first-order valence-corrected chi connectivity index (χ1v) is 5.84. The van der Waals surface area contributed by atoms with Crippen molar-refractivity contribution < 1.29 is 9.53 Å². The Balaban J connectivity index is 2.79. The standard InChI is InChI=1S/C10H6BrCl2NO2/c1-16-10(15)9-8(13)6-5(14-9)3-2-4(12)7(6)11/h2-3,14H,1H3. The molecule has 0 fully saturated rings. The van der Waals surface area contributed by atoms with Gasteiger partial charge in [-0.25, -0.2) is 4.79 Å². The summed E-state index contributed by atoms with van der Waals surface area (Å²) in [5.41, 5.74) is 0.948. The van der Waals surface area contributed by atoms with Gasteiger partial charge in [0, 0.05) is 15.4 Å². The summed E-state index contributed by atoms with van der Waals surface area (Å²) in [6, 6.07) is 3.46. The minimum atomic E-state index is -0.510. The van der Waals surface area contributed by atoms with Crippen LogP contribution in [0.15, 0.2) is 16.6 Å². The summed E-state index contributed by atoms with van der Waals surface area (Å²) in [4.78, 5) is 14.3. The predicted octanol–water partition coefficient (Wildman–Crippen LogP) is 4.02. The van der Waals surface area contributed by atoms with Crippen LogP contribution in [0, 0.1) is 0 Å². The van der Waals surface area contributed by atoms with E-state index < -0.39 is 5.97 Å². The highest BCUT2D eigenvalue weighted by Crippen LogP contribution is 2.37. The maximum Gasteiger partial charge on any atom is 0.356 e. The molecule has 0 aliphatic rings. The number of esters is 1. The molecule has 0 spiro atoms. The lowest BCUT2D eigenvalue weighted by Crippen LogP contribution is -2.01. The van der Waals surface area contributed by atoms with Crippen molar-refractivity contribution in [3.8, 4) is 0 Å². The maximum absolute atomic E-state index is 11.4. The molecule has 6 heteroatoms. The summed E-state index contributed by atoms with van der Waals surface area (Å²) in [5.74, 6) is -0.510. The van der Waals surface area contributed by atoms with Crippen molar-refractivity contribution in [2.75, 3.05) is 7.11 Å². The van der Waals surface area contributed by atoms with Gasteiger partial charge in [-0.1, -0.05) is 23.2 Å². The quantitative estimate of drug-likeness (QED) is 0.806. The third-order valence-electron chi connectivity index (χ3n) is 2.18. The van der Waals surface area contributed by atoms with Gasteiger partial charge in [0.1, 0.15) is 5.69 Å². The molecule has 1 aromatic heterocycles. The second-order valence-corrected chi connectivity index (χ2v) is 4.67. The van der Waals surface area contributed by atoms with E-state index in [2.05, 4.69) is 25.7 Å². The second-order valence-electron chi connectivity index (χ2n) is 3.09. The minimum absolute atomic E-state index is 0.224. The van der Waals surface area contributed by atoms with Crippen LogP contribution in [0.25, 0.3) is 10.9 Å². The van der Waals surface area contributed by atoms with Crippen molar-refractivity contribution in [1.29, 1.82) is 0 Å². The molecule has 3 nitrogen and oxygen atoms in total. The van der Waals surface area contributed by atoms with Gasteiger partial charge in [0.05, 0.1) is 17.2 Å². The molecular formula is C10H6BrCl2NO2. The molecule has 1 N–H and O–H groups in total. The Labute approximate surface area is 110 Å². The number of aromatic amines is 1. The van der Waals surface area contributed by atoms with E-state index in [-0.39, 0.29) is 5.69 Å². The molecule has 0 atom stereocenters. The molecule has 0 saturated heterocycles. The lowest BCUT2D eigenvalue weighted by Gasteiger charge is -1.97. The van der Waals surface area contributed by atoms with Gasteiger partial charge in [-0.05, 0) is 28.1 Å². The number of H-pyrrole nitrogens is 1. The number of fused-ring (bicyclic) bond motifs is 1. The van der Waals surface area contributed by atoms with Crippen LogP contribution in [0.1, 0.15) is 10.5 Å². The van der Waals surface area contributed by atoms with Crippen molar-refractivity contribution in [1.82, 2.24) is 4.98 Å². The van der Waals surface area contributed by atoms with Crippen LogP contribution in [-0.4, -0.2) is 18.1 Å². The number of methoxy groups -OCH3 is 1. The molecule has 0 saturated carbocycles. The first kappa shape index (κ1) is 11.8. The predicted molar refractivity (Wildman–Crippen MR) is 67.4 cm³/mol. The number of rotatable bonds is 1. The van der Waals surface area contributed by atoms with Gasteiger partial charge in [0.2, 0.25) is 0 Å². The van der Waals surface area contributed by atoms with Crippen molar-refractivity contribution in [3.63, 3.8) is 0 Å². The first-order valence-electron chi connectivity index (χ1n) is 4.29. The van der Waals surface area contributed by atoms with Gasteiger partial charge in [-0.3, -0.25) is 0 Å². The van der Waals surface area contributed by atoms with E-state index >= 15 is 0 Å². The Morgan fingerprint density at radius 2 is 2.12 bits per heavy atom. The largest absolute Gasteiger partial charge is 0.464 e. The van der Waals surface area contributed by atoms with Crippen LogP contribution < -0.4 is 0 Å². The molecule has 0 bridgehead atoms. The van der Waals surface area contributed by atoms with Gasteiger partial charge in [0.25, 0.3) is 0 Å². The van der Waals surface area contributed by atoms with E-state index in [4.69, 9.17) is 23.2 Å². The fourth-order valence-corrected chi connectivity index (χ4v) is 2.56. The zero-order valence-corrected chi connectivity index (χ0v) is 11.2. The van der Waals surface area contributed by atoms with Crippen molar-refractivity contribution in [3.05, 3.63) is 32.3 Å². The minimum Gasteiger partial charge on any atom is -0.464 e. The smallest absolute Gasteiger partial charge is 0.356 e. The van der Waals surface area contributed by atoms with Crippen LogP contribution >= 0.6 is 39.1 Å². The van der Waals surface area contributed by atoms with E-state index in [9.17, 15) is 4.79 Å². The normalized spacial score (nSPS) is 10.8. The summed E-state index contributed by atoms with van der Waals surface area (Å²) in [6.07, 6.45) is 0. The number of benzene rings is 1. The van der Waals surface area contributed by atoms with Gasteiger partial charge < -0.3 is 9.72 Å². The van der Waals surface area contributed by atoms with Crippen LogP contribution in [0.2, 0.25) is 10.0 Å². The number of carbonyl (C=O) groups is 1. The maximum atomic E-state index is 11.4. The molecule has 2 aromatic rings. The molecule has 1 heterocycles.